The van der Waals surface area contributed by atoms with Crippen molar-refractivity contribution in [3.8, 4) is 0 Å². The average molecular weight is 203 g/mol. The van der Waals surface area contributed by atoms with Crippen LogP contribution in [0.4, 0.5) is 0 Å². The van der Waals surface area contributed by atoms with Gasteiger partial charge in [-0.1, -0.05) is 6.42 Å². The van der Waals surface area contributed by atoms with Gasteiger partial charge in [-0.2, -0.15) is 11.8 Å². The molecule has 0 saturated heterocycles. The van der Waals surface area contributed by atoms with Gasteiger partial charge in [-0.15, -0.1) is 0 Å². The predicted octanol–water partition coefficient (Wildman–Crippen LogP) is 1.85. The van der Waals surface area contributed by atoms with Crippen LogP contribution in [0, 0.1) is 0 Å². The molecule has 1 rings (SSSR count). The molecule has 0 spiro atoms. The Morgan fingerprint density at radius 2 is 2.23 bits per heavy atom. The zero-order chi connectivity index (χ0) is 9.68. The third-order valence-corrected chi connectivity index (χ3v) is 4.09. The summed E-state index contributed by atoms with van der Waals surface area (Å²) in [6, 6.07) is 0.783. The van der Waals surface area contributed by atoms with Crippen LogP contribution in [0.3, 0.4) is 0 Å². The Labute approximate surface area is 86.0 Å². The Morgan fingerprint density at radius 3 is 2.85 bits per heavy atom. The molecule has 0 heterocycles. The molecule has 0 amide bonds. The summed E-state index contributed by atoms with van der Waals surface area (Å²) in [5.74, 6) is 0. The lowest BCUT2D eigenvalue weighted by atomic mass is 10.2. The Morgan fingerprint density at radius 1 is 1.46 bits per heavy atom. The van der Waals surface area contributed by atoms with Crippen LogP contribution >= 0.6 is 11.8 Å². The molecule has 0 radical (unpaired) electrons. The standard InChI is InChI=1S/C10H21NOS/c1-11(7-8-12-2)9-5-4-6-10(9)13-3/h9-10H,4-8H2,1-3H3/t9-,10+/m1/s1. The maximum atomic E-state index is 5.09. The molecule has 1 aliphatic carbocycles. The Bertz CT molecular complexity index is 143. The zero-order valence-corrected chi connectivity index (χ0v) is 9.77. The third kappa shape index (κ3) is 3.15. The molecule has 78 valence electrons. The maximum Gasteiger partial charge on any atom is 0.0589 e. The van der Waals surface area contributed by atoms with Gasteiger partial charge < -0.3 is 9.64 Å². The van der Waals surface area contributed by atoms with Crippen LogP contribution in [0.2, 0.25) is 0 Å². The molecular weight excluding hydrogens is 182 g/mol. The number of hydrogen-bond donors (Lipinski definition) is 0. The van der Waals surface area contributed by atoms with Crippen molar-refractivity contribution in [3.05, 3.63) is 0 Å². The van der Waals surface area contributed by atoms with Crippen molar-refractivity contribution in [2.24, 2.45) is 0 Å². The van der Waals surface area contributed by atoms with Crippen molar-refractivity contribution in [2.45, 2.75) is 30.6 Å². The van der Waals surface area contributed by atoms with Gasteiger partial charge in [-0.3, -0.25) is 0 Å². The largest absolute Gasteiger partial charge is 0.383 e. The third-order valence-electron chi connectivity index (χ3n) is 2.93. The van der Waals surface area contributed by atoms with E-state index in [9.17, 15) is 0 Å². The van der Waals surface area contributed by atoms with Crippen LogP contribution < -0.4 is 0 Å². The summed E-state index contributed by atoms with van der Waals surface area (Å²) in [6.45, 7) is 1.92. The minimum Gasteiger partial charge on any atom is -0.383 e. The second kappa shape index (κ2) is 5.89. The molecule has 1 aliphatic rings. The zero-order valence-electron chi connectivity index (χ0n) is 8.95. The fourth-order valence-corrected chi connectivity index (χ4v) is 3.15. The molecule has 0 N–H and O–H groups in total. The Balaban J connectivity index is 2.31. The SMILES string of the molecule is COCCN(C)[C@@H]1CCC[C@@H]1SC. The number of methoxy groups -OCH3 is 1. The molecule has 0 bridgehead atoms. The first-order chi connectivity index (χ1) is 6.29. The van der Waals surface area contributed by atoms with Crippen molar-refractivity contribution in [1.82, 2.24) is 4.90 Å². The van der Waals surface area contributed by atoms with Gasteiger partial charge in [0.25, 0.3) is 0 Å². The van der Waals surface area contributed by atoms with E-state index in [1.54, 1.807) is 7.11 Å². The van der Waals surface area contributed by atoms with Crippen LogP contribution in [-0.2, 0) is 4.74 Å². The van der Waals surface area contributed by atoms with Crippen molar-refractivity contribution >= 4 is 11.8 Å². The highest BCUT2D eigenvalue weighted by atomic mass is 32.2. The lowest BCUT2D eigenvalue weighted by molar-refractivity contribution is 0.141. The van der Waals surface area contributed by atoms with Crippen LogP contribution in [0.1, 0.15) is 19.3 Å². The molecule has 1 saturated carbocycles. The summed E-state index contributed by atoms with van der Waals surface area (Å²) in [5, 5.41) is 0.849. The molecule has 0 aromatic rings. The van der Waals surface area contributed by atoms with E-state index in [1.807, 2.05) is 11.8 Å². The van der Waals surface area contributed by atoms with E-state index < -0.39 is 0 Å². The second-order valence-corrected chi connectivity index (χ2v) is 4.82. The maximum absolute atomic E-state index is 5.09. The summed E-state index contributed by atoms with van der Waals surface area (Å²) in [5.41, 5.74) is 0. The molecule has 13 heavy (non-hydrogen) atoms. The number of hydrogen-bond acceptors (Lipinski definition) is 3. The quantitative estimate of drug-likeness (QED) is 0.676. The number of likely N-dealkylation sites (N-methyl/N-ethyl adjacent to an activating group) is 1. The molecular formula is C10H21NOS. The van der Waals surface area contributed by atoms with Crippen LogP contribution in [0.25, 0.3) is 0 Å². The van der Waals surface area contributed by atoms with E-state index in [4.69, 9.17) is 4.74 Å². The molecule has 2 nitrogen and oxygen atoms in total. The van der Waals surface area contributed by atoms with Crippen molar-refractivity contribution in [2.75, 3.05) is 33.6 Å². The molecule has 1 fully saturated rings. The highest BCUT2D eigenvalue weighted by Crippen LogP contribution is 2.31. The van der Waals surface area contributed by atoms with Crippen LogP contribution in [0.5, 0.6) is 0 Å². The fraction of sp³-hybridized carbons (Fsp3) is 1.00. The fourth-order valence-electron chi connectivity index (χ4n) is 2.09. The normalized spacial score (nSPS) is 28.6. The van der Waals surface area contributed by atoms with Crippen LogP contribution in [-0.4, -0.2) is 49.8 Å². The van der Waals surface area contributed by atoms with Gasteiger partial charge in [-0.05, 0) is 26.1 Å². The van der Waals surface area contributed by atoms with E-state index in [1.165, 1.54) is 19.3 Å². The number of thioether (sulfide) groups is 1. The predicted molar refractivity (Wildman–Crippen MR) is 59.4 cm³/mol. The number of rotatable bonds is 5. The number of nitrogens with zero attached hydrogens (tertiary/aromatic N) is 1. The summed E-state index contributed by atoms with van der Waals surface area (Å²) in [7, 11) is 3.99. The van der Waals surface area contributed by atoms with E-state index in [2.05, 4.69) is 18.2 Å². The summed E-state index contributed by atoms with van der Waals surface area (Å²) in [4.78, 5) is 2.46. The van der Waals surface area contributed by atoms with E-state index in [0.29, 0.717) is 0 Å². The van der Waals surface area contributed by atoms with Crippen LogP contribution in [0.15, 0.2) is 0 Å². The summed E-state index contributed by atoms with van der Waals surface area (Å²) < 4.78 is 5.09. The molecule has 3 heteroatoms. The molecule has 0 aromatic carbocycles. The summed E-state index contributed by atoms with van der Waals surface area (Å²) in [6.07, 6.45) is 6.38. The van der Waals surface area contributed by atoms with Gasteiger partial charge in [-0.25, -0.2) is 0 Å². The van der Waals surface area contributed by atoms with Gasteiger partial charge in [0.15, 0.2) is 0 Å². The molecule has 2 atom stereocenters. The first-order valence-corrected chi connectivity index (χ1v) is 6.30. The highest BCUT2D eigenvalue weighted by molar-refractivity contribution is 7.99. The molecule has 0 unspecified atom stereocenters. The Hall–Kier alpha value is 0.270. The smallest absolute Gasteiger partial charge is 0.0589 e. The Kier molecular flexibility index (Phi) is 5.14. The van der Waals surface area contributed by atoms with Crippen molar-refractivity contribution in [3.63, 3.8) is 0 Å². The first kappa shape index (κ1) is 11.3. The van der Waals surface area contributed by atoms with Gasteiger partial charge in [0, 0.05) is 24.9 Å². The highest BCUT2D eigenvalue weighted by Gasteiger charge is 2.29. The minimum absolute atomic E-state index is 0.783. The van der Waals surface area contributed by atoms with Gasteiger partial charge in [0.05, 0.1) is 6.61 Å². The molecule has 0 aromatic heterocycles. The summed E-state index contributed by atoms with van der Waals surface area (Å²) >= 11 is 2.02. The lowest BCUT2D eigenvalue weighted by Gasteiger charge is -2.28. The van der Waals surface area contributed by atoms with Gasteiger partial charge >= 0.3 is 0 Å². The lowest BCUT2D eigenvalue weighted by Crippen LogP contribution is -2.38. The topological polar surface area (TPSA) is 12.5 Å². The van der Waals surface area contributed by atoms with Crippen molar-refractivity contribution < 1.29 is 4.74 Å². The minimum atomic E-state index is 0.783. The molecule has 0 aliphatic heterocycles. The average Bonchev–Trinajstić information content (AvgIpc) is 2.61. The van der Waals surface area contributed by atoms with E-state index >= 15 is 0 Å². The van der Waals surface area contributed by atoms with E-state index in [-0.39, 0.29) is 0 Å². The second-order valence-electron chi connectivity index (χ2n) is 3.75. The number of ether oxygens (including phenoxy) is 1. The van der Waals surface area contributed by atoms with Gasteiger partial charge in [0.1, 0.15) is 0 Å². The monoisotopic (exact) mass is 203 g/mol. The van der Waals surface area contributed by atoms with E-state index in [0.717, 1.165) is 24.4 Å². The van der Waals surface area contributed by atoms with Gasteiger partial charge in [0.2, 0.25) is 0 Å². The van der Waals surface area contributed by atoms with Crippen molar-refractivity contribution in [1.29, 1.82) is 0 Å². The first-order valence-electron chi connectivity index (χ1n) is 5.01.